The second-order valence-electron chi connectivity index (χ2n) is 8.33. The number of likely N-dealkylation sites (tertiary alicyclic amines) is 1. The van der Waals surface area contributed by atoms with Crippen LogP contribution in [0.4, 0.5) is 5.69 Å². The van der Waals surface area contributed by atoms with E-state index >= 15 is 0 Å². The van der Waals surface area contributed by atoms with E-state index in [0.29, 0.717) is 24.1 Å². The molecule has 0 aromatic heterocycles. The fraction of sp³-hybridized carbons (Fsp3) is 0.571. The van der Waals surface area contributed by atoms with Crippen molar-refractivity contribution in [2.24, 2.45) is 11.8 Å². The number of anilines is 1. The summed E-state index contributed by atoms with van der Waals surface area (Å²) < 4.78 is 6.35. The number of likely N-dealkylation sites (N-methyl/N-ethyl adjacent to an activating group) is 1. The Bertz CT molecular complexity index is 837. The molecule has 5 atom stereocenters. The number of phenolic OH excluding ortho intramolecular Hbond substituents is 1. The van der Waals surface area contributed by atoms with Crippen molar-refractivity contribution < 1.29 is 19.5 Å². The third-order valence-electron chi connectivity index (χ3n) is 7.32. The first-order valence-electron chi connectivity index (χ1n) is 9.70. The minimum atomic E-state index is -0.759. The molecule has 5 aliphatic rings. The maximum atomic E-state index is 13.7. The van der Waals surface area contributed by atoms with Crippen LogP contribution in [0.3, 0.4) is 0 Å². The van der Waals surface area contributed by atoms with Gasteiger partial charge in [-0.15, -0.1) is 0 Å². The summed E-state index contributed by atoms with van der Waals surface area (Å²) >= 11 is 0. The number of hydrogen-bond donors (Lipinski definition) is 1. The van der Waals surface area contributed by atoms with Crippen LogP contribution in [0, 0.1) is 11.8 Å². The maximum Gasteiger partial charge on any atom is 0.264 e. The molecule has 4 fully saturated rings. The zero-order valence-electron chi connectivity index (χ0n) is 16.0. The first kappa shape index (κ1) is 17.2. The van der Waals surface area contributed by atoms with Crippen molar-refractivity contribution in [1.29, 1.82) is 0 Å². The monoisotopic (exact) mass is 370 g/mol. The Balaban J connectivity index is 1.70. The van der Waals surface area contributed by atoms with Gasteiger partial charge in [0.25, 0.3) is 5.91 Å². The van der Waals surface area contributed by atoms with Crippen LogP contribution in [0.25, 0.3) is 0 Å². The summed E-state index contributed by atoms with van der Waals surface area (Å²) in [5, 5.41) is 11.3. The fourth-order valence-electron chi connectivity index (χ4n) is 6.05. The average Bonchev–Trinajstić information content (AvgIpc) is 2.78. The average molecular weight is 370 g/mol. The molecule has 1 amide bonds. The SMILES string of the molecule is C/C=C1\CN(C)[C@H]2C[C@@]3(C(=O)N(OC)c4cc(O)ccc43)[C@@H]3C[C@@H]1[C@H]2CO3. The maximum absolute atomic E-state index is 13.7. The van der Waals surface area contributed by atoms with Crippen molar-refractivity contribution in [2.45, 2.75) is 37.3 Å². The second-order valence-corrected chi connectivity index (χ2v) is 8.33. The Morgan fingerprint density at radius 1 is 1.41 bits per heavy atom. The smallest absolute Gasteiger partial charge is 0.264 e. The van der Waals surface area contributed by atoms with Crippen molar-refractivity contribution in [2.75, 3.05) is 32.4 Å². The van der Waals surface area contributed by atoms with Crippen LogP contribution >= 0.6 is 0 Å². The van der Waals surface area contributed by atoms with Gasteiger partial charge in [-0.1, -0.05) is 17.7 Å². The van der Waals surface area contributed by atoms with Gasteiger partial charge >= 0.3 is 0 Å². The molecule has 3 saturated heterocycles. The van der Waals surface area contributed by atoms with Crippen LogP contribution in [0.1, 0.15) is 25.3 Å². The van der Waals surface area contributed by atoms with E-state index in [4.69, 9.17) is 9.57 Å². The lowest BCUT2D eigenvalue weighted by molar-refractivity contribution is -0.137. The van der Waals surface area contributed by atoms with Gasteiger partial charge in [0.1, 0.15) is 11.2 Å². The van der Waals surface area contributed by atoms with Crippen molar-refractivity contribution >= 4 is 11.6 Å². The number of rotatable bonds is 1. The van der Waals surface area contributed by atoms with Gasteiger partial charge in [0, 0.05) is 24.6 Å². The number of ether oxygens (including phenoxy) is 1. The van der Waals surface area contributed by atoms with Gasteiger partial charge in [0.2, 0.25) is 0 Å². The number of fused-ring (bicyclic) bond motifs is 2. The predicted octanol–water partition coefficient (Wildman–Crippen LogP) is 2.22. The van der Waals surface area contributed by atoms with Gasteiger partial charge in [-0.3, -0.25) is 14.5 Å². The molecule has 4 aliphatic heterocycles. The highest BCUT2D eigenvalue weighted by molar-refractivity contribution is 6.07. The molecule has 6 nitrogen and oxygen atoms in total. The molecule has 4 heterocycles. The minimum Gasteiger partial charge on any atom is -0.508 e. The number of hydroxylamine groups is 1. The lowest BCUT2D eigenvalue weighted by Crippen LogP contribution is -2.50. The molecule has 1 spiro atoms. The molecule has 0 radical (unpaired) electrons. The molecule has 1 aliphatic carbocycles. The fourth-order valence-corrected chi connectivity index (χ4v) is 6.05. The van der Waals surface area contributed by atoms with E-state index in [1.807, 2.05) is 6.07 Å². The normalized spacial score (nSPS) is 39.3. The Labute approximate surface area is 159 Å². The van der Waals surface area contributed by atoms with E-state index in [1.165, 1.54) is 17.7 Å². The lowest BCUT2D eigenvalue weighted by atomic mass is 9.72. The van der Waals surface area contributed by atoms with Crippen molar-refractivity contribution in [3.05, 3.63) is 35.4 Å². The molecule has 6 heteroatoms. The number of allylic oxidation sites excluding steroid dienone is 1. The quantitative estimate of drug-likeness (QED) is 0.768. The summed E-state index contributed by atoms with van der Waals surface area (Å²) in [4.78, 5) is 21.5. The number of amides is 1. The van der Waals surface area contributed by atoms with Crippen molar-refractivity contribution in [3.63, 3.8) is 0 Å². The molecular formula is C21H26N2O4. The van der Waals surface area contributed by atoms with E-state index in [9.17, 15) is 9.90 Å². The lowest BCUT2D eigenvalue weighted by Gasteiger charge is -2.46. The number of piperidine rings is 1. The molecule has 27 heavy (non-hydrogen) atoms. The third kappa shape index (κ3) is 2.09. The second kappa shape index (κ2) is 5.80. The molecule has 1 aromatic rings. The minimum absolute atomic E-state index is 0.0702. The van der Waals surface area contributed by atoms with E-state index < -0.39 is 5.41 Å². The number of hydrogen-bond acceptors (Lipinski definition) is 5. The number of nitrogens with zero attached hydrogens (tertiary/aromatic N) is 2. The van der Waals surface area contributed by atoms with Crippen LogP contribution < -0.4 is 5.06 Å². The number of aromatic hydroxyl groups is 1. The summed E-state index contributed by atoms with van der Waals surface area (Å²) in [7, 11) is 3.66. The van der Waals surface area contributed by atoms with Crippen molar-refractivity contribution in [3.8, 4) is 5.75 Å². The van der Waals surface area contributed by atoms with Crippen LogP contribution in [-0.4, -0.2) is 55.4 Å². The van der Waals surface area contributed by atoms with Gasteiger partial charge in [-0.25, -0.2) is 0 Å². The third-order valence-corrected chi connectivity index (χ3v) is 7.32. The number of carbonyl (C=O) groups is 1. The molecule has 4 bridgehead atoms. The Morgan fingerprint density at radius 2 is 2.22 bits per heavy atom. The van der Waals surface area contributed by atoms with Crippen LogP contribution in [0.5, 0.6) is 5.75 Å². The topological polar surface area (TPSA) is 62.2 Å². The standard InChI is InChI=1S/C21H26N2O4/c1-4-12-10-22(2)18-9-21(19-8-14(12)15(18)11-27-19)16-6-5-13(24)7-17(16)23(26-3)20(21)25/h4-7,14-15,18-19,24H,8-11H2,1-3H3/b12-4+/t14-,15+,18-,19-,21-/m0/s1. The molecule has 1 N–H and O–H groups in total. The van der Waals surface area contributed by atoms with E-state index in [1.54, 1.807) is 12.1 Å². The summed E-state index contributed by atoms with van der Waals surface area (Å²) in [5.74, 6) is 0.945. The first-order valence-corrected chi connectivity index (χ1v) is 9.70. The number of phenols is 1. The Kier molecular flexibility index (Phi) is 3.70. The highest BCUT2D eigenvalue weighted by atomic mass is 16.7. The van der Waals surface area contributed by atoms with Gasteiger partial charge in [0.15, 0.2) is 0 Å². The summed E-state index contributed by atoms with van der Waals surface area (Å²) in [6.45, 7) is 3.76. The molecule has 1 saturated carbocycles. The molecule has 0 unspecified atom stereocenters. The summed E-state index contributed by atoms with van der Waals surface area (Å²) in [5.41, 5.74) is 2.26. The summed E-state index contributed by atoms with van der Waals surface area (Å²) in [6.07, 6.45) is 3.65. The predicted molar refractivity (Wildman–Crippen MR) is 100 cm³/mol. The van der Waals surface area contributed by atoms with Gasteiger partial charge in [-0.2, -0.15) is 5.06 Å². The van der Waals surface area contributed by atoms with Crippen LogP contribution in [0.15, 0.2) is 29.8 Å². The van der Waals surface area contributed by atoms with E-state index in [0.717, 1.165) is 24.9 Å². The van der Waals surface area contributed by atoms with Crippen LogP contribution in [0.2, 0.25) is 0 Å². The van der Waals surface area contributed by atoms with Crippen LogP contribution in [-0.2, 0) is 19.8 Å². The van der Waals surface area contributed by atoms with Gasteiger partial charge < -0.3 is 9.84 Å². The number of carbonyl (C=O) groups excluding carboxylic acids is 1. The van der Waals surface area contributed by atoms with E-state index in [-0.39, 0.29) is 23.8 Å². The molecule has 6 rings (SSSR count). The first-order chi connectivity index (χ1) is 13.0. The van der Waals surface area contributed by atoms with Crippen molar-refractivity contribution in [1.82, 2.24) is 4.90 Å². The number of benzene rings is 1. The highest BCUT2D eigenvalue weighted by Crippen LogP contribution is 2.57. The zero-order valence-corrected chi connectivity index (χ0v) is 16.0. The van der Waals surface area contributed by atoms with Gasteiger partial charge in [0.05, 0.1) is 25.5 Å². The Morgan fingerprint density at radius 3 is 2.96 bits per heavy atom. The Hall–Kier alpha value is -1.89. The molecule has 1 aromatic carbocycles. The molecule has 144 valence electrons. The largest absolute Gasteiger partial charge is 0.508 e. The summed E-state index contributed by atoms with van der Waals surface area (Å²) in [6, 6.07) is 5.45. The highest BCUT2D eigenvalue weighted by Gasteiger charge is 2.64. The van der Waals surface area contributed by atoms with Gasteiger partial charge in [-0.05, 0) is 44.4 Å². The van der Waals surface area contributed by atoms with E-state index in [2.05, 4.69) is 24.9 Å². The molecular weight excluding hydrogens is 344 g/mol. The zero-order chi connectivity index (χ0) is 18.9.